The highest BCUT2D eigenvalue weighted by molar-refractivity contribution is 5.60. The van der Waals surface area contributed by atoms with Crippen LogP contribution in [0.4, 0.5) is 0 Å². The first-order valence-electron chi connectivity index (χ1n) is 4.21. The van der Waals surface area contributed by atoms with Crippen molar-refractivity contribution in [2.75, 3.05) is 0 Å². The SMILES string of the molecule is CC(C)CC1N=CCC1C. The molecule has 1 nitrogen and oxygen atoms in total. The second kappa shape index (κ2) is 3.18. The maximum atomic E-state index is 4.43. The Morgan fingerprint density at radius 3 is 2.70 bits per heavy atom. The standard InChI is InChI=1S/C9H17N/c1-7(2)6-9-8(3)4-5-10-9/h5,7-9H,4,6H2,1-3H3. The van der Waals surface area contributed by atoms with Gasteiger partial charge in [0.05, 0.1) is 6.04 Å². The van der Waals surface area contributed by atoms with E-state index in [1.807, 2.05) is 0 Å². The molecule has 1 aliphatic rings. The summed E-state index contributed by atoms with van der Waals surface area (Å²) < 4.78 is 0. The Bertz CT molecular complexity index is 127. The highest BCUT2D eigenvalue weighted by Crippen LogP contribution is 2.22. The lowest BCUT2D eigenvalue weighted by atomic mass is 9.94. The van der Waals surface area contributed by atoms with Gasteiger partial charge in [0, 0.05) is 0 Å². The fourth-order valence-corrected chi connectivity index (χ4v) is 1.44. The molecule has 0 radical (unpaired) electrons. The molecule has 1 heteroatoms. The average molecular weight is 139 g/mol. The molecular weight excluding hydrogens is 122 g/mol. The molecule has 0 aromatic carbocycles. The van der Waals surface area contributed by atoms with Gasteiger partial charge in [-0.1, -0.05) is 20.8 Å². The molecule has 58 valence electrons. The van der Waals surface area contributed by atoms with Gasteiger partial charge in [-0.2, -0.15) is 0 Å². The van der Waals surface area contributed by atoms with Crippen LogP contribution in [-0.2, 0) is 0 Å². The van der Waals surface area contributed by atoms with Crippen LogP contribution in [0.25, 0.3) is 0 Å². The van der Waals surface area contributed by atoms with Crippen molar-refractivity contribution in [3.05, 3.63) is 0 Å². The molecular formula is C9H17N. The summed E-state index contributed by atoms with van der Waals surface area (Å²) in [4.78, 5) is 4.43. The third-order valence-corrected chi connectivity index (χ3v) is 2.14. The molecule has 0 fully saturated rings. The van der Waals surface area contributed by atoms with E-state index in [-0.39, 0.29) is 0 Å². The van der Waals surface area contributed by atoms with Crippen molar-refractivity contribution >= 4 is 6.21 Å². The Balaban J connectivity index is 2.33. The summed E-state index contributed by atoms with van der Waals surface area (Å²) in [5.74, 6) is 1.59. The summed E-state index contributed by atoms with van der Waals surface area (Å²) in [6.45, 7) is 6.82. The summed E-state index contributed by atoms with van der Waals surface area (Å²) in [5, 5.41) is 0. The first kappa shape index (κ1) is 7.77. The first-order valence-corrected chi connectivity index (χ1v) is 4.21. The van der Waals surface area contributed by atoms with Crippen molar-refractivity contribution in [3.8, 4) is 0 Å². The van der Waals surface area contributed by atoms with Crippen molar-refractivity contribution in [1.82, 2.24) is 0 Å². The van der Waals surface area contributed by atoms with E-state index in [1.165, 1.54) is 12.8 Å². The topological polar surface area (TPSA) is 12.4 Å². The molecule has 0 spiro atoms. The van der Waals surface area contributed by atoms with Crippen LogP contribution in [0.5, 0.6) is 0 Å². The van der Waals surface area contributed by atoms with Gasteiger partial charge in [-0.3, -0.25) is 4.99 Å². The van der Waals surface area contributed by atoms with E-state index in [9.17, 15) is 0 Å². The molecule has 0 bridgehead atoms. The Morgan fingerprint density at radius 2 is 2.30 bits per heavy atom. The number of hydrogen-bond acceptors (Lipinski definition) is 1. The van der Waals surface area contributed by atoms with Crippen LogP contribution in [0.15, 0.2) is 4.99 Å². The second-order valence-electron chi connectivity index (χ2n) is 3.74. The maximum Gasteiger partial charge on any atom is 0.0527 e. The average Bonchev–Trinajstić information content (AvgIpc) is 2.15. The summed E-state index contributed by atoms with van der Waals surface area (Å²) >= 11 is 0. The number of nitrogens with zero attached hydrogens (tertiary/aromatic N) is 1. The van der Waals surface area contributed by atoms with E-state index in [1.54, 1.807) is 0 Å². The van der Waals surface area contributed by atoms with E-state index in [4.69, 9.17) is 0 Å². The van der Waals surface area contributed by atoms with Crippen molar-refractivity contribution in [3.63, 3.8) is 0 Å². The van der Waals surface area contributed by atoms with Crippen LogP contribution in [0.1, 0.15) is 33.6 Å². The van der Waals surface area contributed by atoms with Gasteiger partial charge >= 0.3 is 0 Å². The summed E-state index contributed by atoms with van der Waals surface area (Å²) in [5.41, 5.74) is 0. The molecule has 1 aliphatic heterocycles. The van der Waals surface area contributed by atoms with Gasteiger partial charge in [-0.25, -0.2) is 0 Å². The van der Waals surface area contributed by atoms with Gasteiger partial charge in [0.15, 0.2) is 0 Å². The van der Waals surface area contributed by atoms with Crippen LogP contribution in [0.3, 0.4) is 0 Å². The number of rotatable bonds is 2. The third-order valence-electron chi connectivity index (χ3n) is 2.14. The molecule has 0 aliphatic carbocycles. The molecule has 2 atom stereocenters. The molecule has 2 unspecified atom stereocenters. The fourth-order valence-electron chi connectivity index (χ4n) is 1.44. The minimum absolute atomic E-state index is 0.625. The summed E-state index contributed by atoms with van der Waals surface area (Å²) in [6.07, 6.45) is 4.53. The molecule has 0 amide bonds. The van der Waals surface area contributed by atoms with E-state index >= 15 is 0 Å². The van der Waals surface area contributed by atoms with Crippen molar-refractivity contribution < 1.29 is 0 Å². The van der Waals surface area contributed by atoms with Crippen LogP contribution in [0.2, 0.25) is 0 Å². The van der Waals surface area contributed by atoms with Crippen molar-refractivity contribution in [1.29, 1.82) is 0 Å². The molecule has 0 saturated carbocycles. The number of aliphatic imine (C=N–C) groups is 1. The van der Waals surface area contributed by atoms with Gasteiger partial charge in [0.1, 0.15) is 0 Å². The second-order valence-corrected chi connectivity index (χ2v) is 3.74. The van der Waals surface area contributed by atoms with Crippen LogP contribution in [0, 0.1) is 11.8 Å². The summed E-state index contributed by atoms with van der Waals surface area (Å²) in [7, 11) is 0. The minimum atomic E-state index is 0.625. The highest BCUT2D eigenvalue weighted by atomic mass is 14.8. The largest absolute Gasteiger partial charge is 0.294 e. The summed E-state index contributed by atoms with van der Waals surface area (Å²) in [6, 6.07) is 0.625. The molecule has 10 heavy (non-hydrogen) atoms. The molecule has 0 aromatic rings. The molecule has 0 saturated heterocycles. The van der Waals surface area contributed by atoms with Gasteiger partial charge in [0.2, 0.25) is 0 Å². The smallest absolute Gasteiger partial charge is 0.0527 e. The molecule has 1 rings (SSSR count). The zero-order chi connectivity index (χ0) is 7.56. The van der Waals surface area contributed by atoms with Crippen LogP contribution >= 0.6 is 0 Å². The third kappa shape index (κ3) is 1.83. The quantitative estimate of drug-likeness (QED) is 0.557. The van der Waals surface area contributed by atoms with E-state index in [2.05, 4.69) is 32.0 Å². The lowest BCUT2D eigenvalue weighted by Gasteiger charge is -2.14. The number of hydrogen-bond donors (Lipinski definition) is 0. The predicted molar refractivity (Wildman–Crippen MR) is 45.5 cm³/mol. The van der Waals surface area contributed by atoms with Gasteiger partial charge in [-0.15, -0.1) is 0 Å². The van der Waals surface area contributed by atoms with E-state index < -0.39 is 0 Å². The normalized spacial score (nSPS) is 32.0. The Hall–Kier alpha value is -0.330. The zero-order valence-corrected chi connectivity index (χ0v) is 7.17. The lowest BCUT2D eigenvalue weighted by molar-refractivity contribution is 0.416. The monoisotopic (exact) mass is 139 g/mol. The Labute approximate surface area is 63.5 Å². The van der Waals surface area contributed by atoms with E-state index in [0.717, 1.165) is 11.8 Å². The molecule has 1 heterocycles. The highest BCUT2D eigenvalue weighted by Gasteiger charge is 2.19. The lowest BCUT2D eigenvalue weighted by Crippen LogP contribution is -2.12. The Morgan fingerprint density at radius 1 is 1.60 bits per heavy atom. The predicted octanol–water partition coefficient (Wildman–Crippen LogP) is 2.51. The fraction of sp³-hybridized carbons (Fsp3) is 0.889. The van der Waals surface area contributed by atoms with Crippen LogP contribution < -0.4 is 0 Å². The minimum Gasteiger partial charge on any atom is -0.294 e. The van der Waals surface area contributed by atoms with E-state index in [0.29, 0.717) is 6.04 Å². The van der Waals surface area contributed by atoms with Gasteiger partial charge < -0.3 is 0 Å². The maximum absolute atomic E-state index is 4.43. The van der Waals surface area contributed by atoms with Crippen molar-refractivity contribution in [2.45, 2.75) is 39.7 Å². The van der Waals surface area contributed by atoms with Gasteiger partial charge in [-0.05, 0) is 30.9 Å². The van der Waals surface area contributed by atoms with Crippen molar-refractivity contribution in [2.24, 2.45) is 16.8 Å². The Kier molecular flexibility index (Phi) is 2.47. The molecule has 0 N–H and O–H groups in total. The molecule has 0 aromatic heterocycles. The zero-order valence-electron chi connectivity index (χ0n) is 7.17. The van der Waals surface area contributed by atoms with Crippen LogP contribution in [-0.4, -0.2) is 12.3 Å². The van der Waals surface area contributed by atoms with Gasteiger partial charge in [0.25, 0.3) is 0 Å². The first-order chi connectivity index (χ1) is 4.70.